The van der Waals surface area contributed by atoms with Crippen LogP contribution in [0.15, 0.2) is 30.3 Å². The number of carbonyl (C=O) groups is 1. The zero-order valence-electron chi connectivity index (χ0n) is 10.7. The fourth-order valence-corrected chi connectivity index (χ4v) is 3.01. The predicted molar refractivity (Wildman–Crippen MR) is 68.1 cm³/mol. The van der Waals surface area contributed by atoms with Gasteiger partial charge in [0.1, 0.15) is 0 Å². The van der Waals surface area contributed by atoms with Gasteiger partial charge in [0.2, 0.25) is 0 Å². The first-order valence-electron chi connectivity index (χ1n) is 6.80. The molecule has 1 saturated carbocycles. The molecule has 0 bridgehead atoms. The summed E-state index contributed by atoms with van der Waals surface area (Å²) in [5, 5.41) is 0. The minimum Gasteiger partial charge on any atom is -0.339 e. The van der Waals surface area contributed by atoms with Gasteiger partial charge in [0, 0.05) is 31.0 Å². The number of nitrogens with zero attached hydrogens (tertiary/aromatic N) is 1. The van der Waals surface area contributed by atoms with Crippen LogP contribution in [0, 0.1) is 11.8 Å². The van der Waals surface area contributed by atoms with E-state index in [4.69, 9.17) is 0 Å². The average Bonchev–Trinajstić information content (AvgIpc) is 3.08. The van der Waals surface area contributed by atoms with Crippen molar-refractivity contribution >= 4 is 5.91 Å². The van der Waals surface area contributed by atoms with Crippen LogP contribution in [0.4, 0.5) is 8.78 Å². The van der Waals surface area contributed by atoms with Crippen molar-refractivity contribution in [1.82, 2.24) is 4.90 Å². The largest absolute Gasteiger partial charge is 0.339 e. The summed E-state index contributed by atoms with van der Waals surface area (Å²) < 4.78 is 26.0. The monoisotopic (exact) mass is 265 g/mol. The first-order chi connectivity index (χ1) is 9.08. The minimum atomic E-state index is -2.43. The summed E-state index contributed by atoms with van der Waals surface area (Å²) in [5.41, 5.74) is 0.678. The number of carbonyl (C=O) groups excluding carboxylic acids is 1. The quantitative estimate of drug-likeness (QED) is 0.804. The standard InChI is InChI=1S/C15H17F2NO/c16-15(17)10-13(15)11-6-8-18(9-7-11)14(19)12-4-2-1-3-5-12/h1-5,11,13H,6-10H2. The summed E-state index contributed by atoms with van der Waals surface area (Å²) in [6.07, 6.45) is 1.46. The lowest BCUT2D eigenvalue weighted by molar-refractivity contribution is 0.0565. The van der Waals surface area contributed by atoms with Gasteiger partial charge in [-0.2, -0.15) is 0 Å². The van der Waals surface area contributed by atoms with E-state index in [-0.39, 0.29) is 18.2 Å². The fraction of sp³-hybridized carbons (Fsp3) is 0.533. The molecule has 0 radical (unpaired) electrons. The number of hydrogen-bond donors (Lipinski definition) is 0. The highest BCUT2D eigenvalue weighted by atomic mass is 19.3. The van der Waals surface area contributed by atoms with E-state index in [0.717, 1.165) is 0 Å². The van der Waals surface area contributed by atoms with Gasteiger partial charge in [-0.3, -0.25) is 4.79 Å². The van der Waals surface area contributed by atoms with Gasteiger partial charge in [-0.15, -0.1) is 0 Å². The van der Waals surface area contributed by atoms with Gasteiger partial charge in [-0.25, -0.2) is 8.78 Å². The van der Waals surface area contributed by atoms with Crippen molar-refractivity contribution in [3.63, 3.8) is 0 Å². The maximum atomic E-state index is 13.0. The Labute approximate surface area is 111 Å². The van der Waals surface area contributed by atoms with Gasteiger partial charge in [-0.1, -0.05) is 18.2 Å². The molecule has 0 aromatic heterocycles. The van der Waals surface area contributed by atoms with Crippen LogP contribution >= 0.6 is 0 Å². The summed E-state index contributed by atoms with van der Waals surface area (Å²) in [4.78, 5) is 14.0. The molecule has 4 heteroatoms. The normalized spacial score (nSPS) is 26.2. The zero-order chi connectivity index (χ0) is 13.5. The maximum Gasteiger partial charge on any atom is 0.253 e. The highest BCUT2D eigenvalue weighted by molar-refractivity contribution is 5.94. The van der Waals surface area contributed by atoms with E-state index in [1.807, 2.05) is 18.2 Å². The number of rotatable bonds is 2. The van der Waals surface area contributed by atoms with Crippen LogP contribution in [0.25, 0.3) is 0 Å². The number of alkyl halides is 2. The molecule has 2 aliphatic rings. The van der Waals surface area contributed by atoms with Crippen molar-refractivity contribution in [2.24, 2.45) is 11.8 Å². The molecule has 1 aromatic rings. The number of piperidine rings is 1. The third-order valence-corrected chi connectivity index (χ3v) is 4.29. The molecule has 1 heterocycles. The van der Waals surface area contributed by atoms with Crippen molar-refractivity contribution in [1.29, 1.82) is 0 Å². The SMILES string of the molecule is O=C(c1ccccc1)N1CCC(C2CC2(F)F)CC1. The Morgan fingerprint density at radius 2 is 1.74 bits per heavy atom. The van der Waals surface area contributed by atoms with Gasteiger partial charge in [0.05, 0.1) is 0 Å². The molecule has 1 unspecified atom stereocenters. The van der Waals surface area contributed by atoms with Crippen LogP contribution in [0.1, 0.15) is 29.6 Å². The van der Waals surface area contributed by atoms with Crippen molar-refractivity contribution in [3.05, 3.63) is 35.9 Å². The summed E-state index contributed by atoms with van der Waals surface area (Å²) in [7, 11) is 0. The lowest BCUT2D eigenvalue weighted by Crippen LogP contribution is -2.39. The van der Waals surface area contributed by atoms with Crippen molar-refractivity contribution in [2.45, 2.75) is 25.2 Å². The number of hydrogen-bond acceptors (Lipinski definition) is 1. The second-order valence-corrected chi connectivity index (χ2v) is 5.57. The molecular weight excluding hydrogens is 248 g/mol. The van der Waals surface area contributed by atoms with Gasteiger partial charge in [-0.05, 0) is 30.9 Å². The Kier molecular flexibility index (Phi) is 3.03. The first kappa shape index (κ1) is 12.6. The smallest absolute Gasteiger partial charge is 0.253 e. The van der Waals surface area contributed by atoms with E-state index in [2.05, 4.69) is 0 Å². The number of amides is 1. The molecule has 1 saturated heterocycles. The molecule has 1 aromatic carbocycles. The maximum absolute atomic E-state index is 13.0. The molecule has 2 fully saturated rings. The van der Waals surface area contributed by atoms with Gasteiger partial charge < -0.3 is 4.90 Å². The van der Waals surface area contributed by atoms with E-state index in [9.17, 15) is 13.6 Å². The van der Waals surface area contributed by atoms with Gasteiger partial charge >= 0.3 is 0 Å². The predicted octanol–water partition coefficient (Wildman–Crippen LogP) is 3.19. The third-order valence-electron chi connectivity index (χ3n) is 4.29. The van der Waals surface area contributed by atoms with Gasteiger partial charge in [0.15, 0.2) is 0 Å². The number of likely N-dealkylation sites (tertiary alicyclic amines) is 1. The van der Waals surface area contributed by atoms with Crippen LogP contribution in [0.2, 0.25) is 0 Å². The molecule has 1 atom stereocenters. The second kappa shape index (κ2) is 4.58. The van der Waals surface area contributed by atoms with Crippen molar-refractivity contribution in [2.75, 3.05) is 13.1 Å². The lowest BCUT2D eigenvalue weighted by Gasteiger charge is -2.32. The van der Waals surface area contributed by atoms with E-state index >= 15 is 0 Å². The highest BCUT2D eigenvalue weighted by Crippen LogP contribution is 2.55. The van der Waals surface area contributed by atoms with E-state index in [1.165, 1.54) is 0 Å². The first-order valence-corrected chi connectivity index (χ1v) is 6.80. The summed E-state index contributed by atoms with van der Waals surface area (Å²) in [6, 6.07) is 9.14. The topological polar surface area (TPSA) is 20.3 Å². The Morgan fingerprint density at radius 3 is 2.26 bits per heavy atom. The molecule has 1 amide bonds. The van der Waals surface area contributed by atoms with E-state index in [0.29, 0.717) is 31.5 Å². The highest BCUT2D eigenvalue weighted by Gasteiger charge is 2.60. The third kappa shape index (κ3) is 2.48. The molecule has 2 nitrogen and oxygen atoms in total. The molecule has 1 aliphatic heterocycles. The van der Waals surface area contributed by atoms with Crippen LogP contribution in [0.5, 0.6) is 0 Å². The van der Waals surface area contributed by atoms with Crippen molar-refractivity contribution < 1.29 is 13.6 Å². The molecule has 1 aliphatic carbocycles. The van der Waals surface area contributed by atoms with E-state index < -0.39 is 11.8 Å². The Morgan fingerprint density at radius 1 is 1.16 bits per heavy atom. The Bertz CT molecular complexity index is 466. The van der Waals surface area contributed by atoms with Gasteiger partial charge in [0.25, 0.3) is 11.8 Å². The zero-order valence-corrected chi connectivity index (χ0v) is 10.7. The average molecular weight is 265 g/mol. The molecule has 0 spiro atoms. The molecule has 3 rings (SSSR count). The summed E-state index contributed by atoms with van der Waals surface area (Å²) in [6.45, 7) is 1.20. The van der Waals surface area contributed by atoms with Crippen LogP contribution in [-0.4, -0.2) is 29.8 Å². The summed E-state index contributed by atoms with van der Waals surface area (Å²) >= 11 is 0. The lowest BCUT2D eigenvalue weighted by atomic mass is 9.91. The number of halogens is 2. The van der Waals surface area contributed by atoms with Crippen molar-refractivity contribution in [3.8, 4) is 0 Å². The Hall–Kier alpha value is -1.45. The Balaban J connectivity index is 1.57. The van der Waals surface area contributed by atoms with Crippen LogP contribution in [0.3, 0.4) is 0 Å². The minimum absolute atomic E-state index is 0.0154. The second-order valence-electron chi connectivity index (χ2n) is 5.57. The van der Waals surface area contributed by atoms with E-state index in [1.54, 1.807) is 17.0 Å². The number of benzene rings is 1. The van der Waals surface area contributed by atoms with Crippen LogP contribution in [-0.2, 0) is 0 Å². The fourth-order valence-electron chi connectivity index (χ4n) is 3.01. The molecule has 0 N–H and O–H groups in total. The molecule has 19 heavy (non-hydrogen) atoms. The molecule has 102 valence electrons. The summed E-state index contributed by atoms with van der Waals surface area (Å²) in [5.74, 6) is -2.76. The van der Waals surface area contributed by atoms with Crippen LogP contribution < -0.4 is 0 Å². The molecular formula is C15H17F2NO.